The topological polar surface area (TPSA) is 0 Å². The van der Waals surface area contributed by atoms with Gasteiger partial charge in [0.15, 0.2) is 0 Å². The van der Waals surface area contributed by atoms with Crippen LogP contribution >= 0.6 is 24.8 Å². The number of benzene rings is 2. The number of aryl methyl sites for hydroxylation is 8. The standard InChI is InChI=1S/4C9H11.2C8H8.2ClH.2Hf/c4*1-2-5-9-7-3-6-8(9)4-1;2*1-2-8-6-4-3-5-7-8;;;;/h4*3,6-7H,1-2,4-5H2;2*3-7H,1H3;2*1H;;/q4*-1;;;;;2*+2. The second-order valence-corrected chi connectivity index (χ2v) is 20.5. The van der Waals surface area contributed by atoms with Gasteiger partial charge in [-0.3, -0.25) is 0 Å². The van der Waals surface area contributed by atoms with Crippen molar-refractivity contribution in [1.82, 2.24) is 0 Å². The zero-order valence-corrected chi connectivity index (χ0v) is 42.7. The minimum absolute atomic E-state index is 0. The van der Waals surface area contributed by atoms with Crippen molar-refractivity contribution in [3.05, 3.63) is 189 Å². The first-order valence-electron chi connectivity index (χ1n) is 20.6. The minimum atomic E-state index is 0. The summed E-state index contributed by atoms with van der Waals surface area (Å²) in [5, 5.41) is 0. The average Bonchev–Trinajstić information content (AvgIpc) is 4.07. The van der Waals surface area contributed by atoms with Gasteiger partial charge in [0.25, 0.3) is 0 Å². The van der Waals surface area contributed by atoms with Crippen LogP contribution in [0.15, 0.2) is 133 Å². The Morgan fingerprint density at radius 2 is 0.589 bits per heavy atom. The molecule has 0 saturated heterocycles. The normalized spacial score (nSPS) is 14.1. The Kier molecular flexibility index (Phi) is 23.8. The van der Waals surface area contributed by atoms with Gasteiger partial charge in [-0.05, 0) is 0 Å². The smallest absolute Gasteiger partial charge is 0.0512 e. The molecule has 0 amide bonds. The molecule has 4 heteroatoms. The number of rotatable bonds is 2. The maximum absolute atomic E-state index is 2.26. The van der Waals surface area contributed by atoms with Gasteiger partial charge in [-0.15, -0.1) is 24.8 Å². The first-order chi connectivity index (χ1) is 26.5. The summed E-state index contributed by atoms with van der Waals surface area (Å²) in [7, 11) is 0. The molecule has 0 bridgehead atoms. The molecule has 0 aromatic heterocycles. The van der Waals surface area contributed by atoms with Gasteiger partial charge in [0.05, 0.1) is 0 Å². The molecule has 292 valence electrons. The van der Waals surface area contributed by atoms with Crippen molar-refractivity contribution < 1.29 is 47.8 Å². The van der Waals surface area contributed by atoms with Crippen molar-refractivity contribution in [2.45, 2.75) is 117 Å². The molecule has 0 fully saturated rings. The molecular formula is C52H62Cl2Hf2. The van der Waals surface area contributed by atoms with E-state index in [1.54, 1.807) is 44.5 Å². The third-order valence-corrected chi connectivity index (χ3v) is 13.1. The van der Waals surface area contributed by atoms with Crippen molar-refractivity contribution in [1.29, 1.82) is 0 Å². The van der Waals surface area contributed by atoms with Crippen molar-refractivity contribution in [3.63, 3.8) is 0 Å². The van der Waals surface area contributed by atoms with E-state index in [-0.39, 0.29) is 24.8 Å². The molecule has 4 aliphatic carbocycles. The summed E-state index contributed by atoms with van der Waals surface area (Å²) in [6.45, 7) is 4.36. The minimum Gasteiger partial charge on any atom is -0.210 e. The molecule has 4 aliphatic rings. The first kappa shape index (κ1) is 48.3. The molecule has 0 saturated carbocycles. The summed E-state index contributed by atoms with van der Waals surface area (Å²) in [4.78, 5) is 0. The van der Waals surface area contributed by atoms with Gasteiger partial charge in [0.2, 0.25) is 0 Å². The van der Waals surface area contributed by atoms with E-state index < -0.39 is 0 Å². The Bertz CT molecular complexity index is 1620. The Morgan fingerprint density at radius 3 is 0.786 bits per heavy atom. The fourth-order valence-electron chi connectivity index (χ4n) is 7.83. The molecule has 0 unspecified atom stereocenters. The van der Waals surface area contributed by atoms with E-state index in [0.717, 1.165) is 0 Å². The summed E-state index contributed by atoms with van der Waals surface area (Å²) in [6, 6.07) is 47.8. The van der Waals surface area contributed by atoms with E-state index in [1.807, 2.05) is 12.1 Å². The van der Waals surface area contributed by atoms with Gasteiger partial charge in [0.1, 0.15) is 0 Å². The summed E-state index contributed by atoms with van der Waals surface area (Å²) in [5.41, 5.74) is 15.6. The van der Waals surface area contributed by atoms with E-state index in [2.05, 4.69) is 135 Å². The van der Waals surface area contributed by atoms with E-state index in [9.17, 15) is 0 Å². The fourth-order valence-corrected chi connectivity index (χ4v) is 9.03. The quantitative estimate of drug-likeness (QED) is 0.120. The monoisotopic (exact) mass is 1120 g/mol. The van der Waals surface area contributed by atoms with Crippen LogP contribution in [0.4, 0.5) is 0 Å². The van der Waals surface area contributed by atoms with Gasteiger partial charge in [-0.25, -0.2) is 24.3 Å². The summed E-state index contributed by atoms with van der Waals surface area (Å²) >= 11 is 2.35. The first-order valence-corrected chi connectivity index (χ1v) is 24.2. The van der Waals surface area contributed by atoms with Gasteiger partial charge < -0.3 is 0 Å². The SMILES string of the molecule is C[C](=[Hf+2])c1ccccc1.C[C](=[Hf+2])c1ccccc1.Cl.Cl.c1cc2c([cH-]1)CCCC2.c1cc2c([cH-]1)CCCC2.c1cc2c([cH-]1)CCCC2.c1cc2c([cH-]1)CCCC2. The molecule has 0 nitrogen and oxygen atoms in total. The van der Waals surface area contributed by atoms with Crippen LogP contribution in [0.25, 0.3) is 0 Å². The molecular weight excluding hydrogens is 1050 g/mol. The van der Waals surface area contributed by atoms with Crippen LogP contribution < -0.4 is 0 Å². The fraction of sp³-hybridized carbons (Fsp3) is 0.346. The van der Waals surface area contributed by atoms with Crippen LogP contribution in [0.2, 0.25) is 0 Å². The molecule has 10 rings (SSSR count). The zero-order chi connectivity index (χ0) is 37.8. The van der Waals surface area contributed by atoms with E-state index in [0.29, 0.717) is 0 Å². The van der Waals surface area contributed by atoms with Crippen LogP contribution in [0.5, 0.6) is 0 Å². The zero-order valence-electron chi connectivity index (χ0n) is 33.8. The van der Waals surface area contributed by atoms with E-state index in [4.69, 9.17) is 0 Å². The Morgan fingerprint density at radius 1 is 0.357 bits per heavy atom. The number of hydrogen-bond acceptors (Lipinski definition) is 0. The second kappa shape index (κ2) is 27.6. The maximum atomic E-state index is 2.26. The number of halogens is 2. The molecule has 6 aromatic rings. The Labute approximate surface area is 381 Å². The number of hydrogen-bond donors (Lipinski definition) is 0. The van der Waals surface area contributed by atoms with Crippen LogP contribution in [0.3, 0.4) is 0 Å². The third-order valence-electron chi connectivity index (χ3n) is 11.0. The molecule has 6 aromatic carbocycles. The van der Waals surface area contributed by atoms with Crippen LogP contribution in [0, 0.1) is 0 Å². The molecule has 0 aliphatic heterocycles. The third kappa shape index (κ3) is 16.6. The van der Waals surface area contributed by atoms with Crippen LogP contribution in [-0.4, -0.2) is 6.51 Å². The molecule has 0 spiro atoms. The molecule has 0 N–H and O–H groups in total. The number of fused-ring (bicyclic) bond motifs is 4. The summed E-state index contributed by atoms with van der Waals surface area (Å²) in [5.74, 6) is 0. The summed E-state index contributed by atoms with van der Waals surface area (Å²) in [6.07, 6.45) is 21.8. The second-order valence-electron chi connectivity index (χ2n) is 15.1. The predicted octanol–water partition coefficient (Wildman–Crippen LogP) is 13.5. The van der Waals surface area contributed by atoms with Crippen LogP contribution in [0.1, 0.15) is 121 Å². The maximum Gasteiger partial charge on any atom is -0.0512 e. The van der Waals surface area contributed by atoms with E-state index in [1.165, 1.54) is 168 Å². The molecule has 0 radical (unpaired) electrons. The largest absolute Gasteiger partial charge is 0.210 e. The van der Waals surface area contributed by atoms with Crippen molar-refractivity contribution >= 4 is 31.3 Å². The van der Waals surface area contributed by atoms with Gasteiger partial charge >= 0.3 is 140 Å². The Balaban J connectivity index is 0.000000179. The predicted molar refractivity (Wildman–Crippen MR) is 242 cm³/mol. The van der Waals surface area contributed by atoms with Crippen molar-refractivity contribution in [3.8, 4) is 0 Å². The van der Waals surface area contributed by atoms with Gasteiger partial charge in [-0.1, -0.05) is 103 Å². The van der Waals surface area contributed by atoms with E-state index >= 15 is 0 Å². The Hall–Kier alpha value is -2.10. The molecule has 56 heavy (non-hydrogen) atoms. The average molecular weight is 1110 g/mol. The summed E-state index contributed by atoms with van der Waals surface area (Å²) < 4.78 is 3.02. The molecule has 0 heterocycles. The molecule has 0 atom stereocenters. The van der Waals surface area contributed by atoms with Gasteiger partial charge in [0, 0.05) is 0 Å². The van der Waals surface area contributed by atoms with Crippen LogP contribution in [-0.2, 0) is 99.2 Å². The van der Waals surface area contributed by atoms with Crippen molar-refractivity contribution in [2.24, 2.45) is 0 Å². The van der Waals surface area contributed by atoms with Gasteiger partial charge in [-0.2, -0.15) is 93.0 Å². The van der Waals surface area contributed by atoms with Crippen molar-refractivity contribution in [2.75, 3.05) is 0 Å².